The van der Waals surface area contributed by atoms with E-state index in [9.17, 15) is 13.2 Å². The molecule has 10 heteroatoms. The van der Waals surface area contributed by atoms with Crippen molar-refractivity contribution in [2.75, 3.05) is 25.0 Å². The fourth-order valence-corrected chi connectivity index (χ4v) is 4.67. The Morgan fingerprint density at radius 1 is 1.28 bits per heavy atom. The van der Waals surface area contributed by atoms with Gasteiger partial charge in [-0.2, -0.15) is 0 Å². The average molecular weight is 441 g/mol. The Hall–Kier alpha value is -1.91. The maximum absolute atomic E-state index is 12.2. The van der Waals surface area contributed by atoms with Crippen LogP contribution in [-0.4, -0.2) is 61.2 Å². The third-order valence-electron chi connectivity index (χ3n) is 5.47. The first-order chi connectivity index (χ1) is 13.8. The van der Waals surface area contributed by atoms with Gasteiger partial charge in [0.15, 0.2) is 5.11 Å². The zero-order chi connectivity index (χ0) is 21.0. The number of thiocarbonyl (C=S) groups is 1. The SMILES string of the molecule is CCCCC1COC(=O)N1C1CCN(C(=S)Nc2ccc(S(N)(=O)=O)cc2)CC1. The second-order valence-corrected chi connectivity index (χ2v) is 9.45. The molecule has 0 spiro atoms. The first-order valence-electron chi connectivity index (χ1n) is 9.93. The second kappa shape index (κ2) is 9.27. The van der Waals surface area contributed by atoms with E-state index in [1.54, 1.807) is 12.1 Å². The number of carbonyl (C=O) groups excluding carboxylic acids is 1. The van der Waals surface area contributed by atoms with Gasteiger partial charge in [-0.25, -0.2) is 18.4 Å². The van der Waals surface area contributed by atoms with Crippen LogP contribution in [0.3, 0.4) is 0 Å². The van der Waals surface area contributed by atoms with Crippen molar-refractivity contribution >= 4 is 39.1 Å². The third kappa shape index (κ3) is 5.37. The molecule has 0 radical (unpaired) electrons. The Balaban J connectivity index is 1.53. The number of carbonyl (C=O) groups is 1. The molecule has 0 aromatic heterocycles. The number of sulfonamides is 1. The van der Waals surface area contributed by atoms with Crippen LogP contribution in [-0.2, 0) is 14.8 Å². The number of hydrogen-bond acceptors (Lipinski definition) is 5. The number of nitrogens with zero attached hydrogens (tertiary/aromatic N) is 2. The minimum absolute atomic E-state index is 0.0601. The number of cyclic esters (lactones) is 1. The van der Waals surface area contributed by atoms with Gasteiger partial charge in [-0.05, 0) is 55.7 Å². The lowest BCUT2D eigenvalue weighted by atomic mass is 10.0. The molecular formula is C19H28N4O4S2. The molecule has 0 bridgehead atoms. The Labute approximate surface area is 177 Å². The summed E-state index contributed by atoms with van der Waals surface area (Å²) in [4.78, 5) is 16.3. The largest absolute Gasteiger partial charge is 0.447 e. The van der Waals surface area contributed by atoms with Gasteiger partial charge in [0.2, 0.25) is 10.0 Å². The molecule has 8 nitrogen and oxygen atoms in total. The van der Waals surface area contributed by atoms with E-state index in [0.29, 0.717) is 17.4 Å². The number of rotatable bonds is 6. The first-order valence-corrected chi connectivity index (χ1v) is 11.9. The van der Waals surface area contributed by atoms with Crippen LogP contribution < -0.4 is 10.5 Å². The molecule has 160 valence electrons. The topological polar surface area (TPSA) is 105 Å². The van der Waals surface area contributed by atoms with Gasteiger partial charge in [-0.3, -0.25) is 4.90 Å². The van der Waals surface area contributed by atoms with Gasteiger partial charge >= 0.3 is 6.09 Å². The number of piperidine rings is 1. The molecule has 2 heterocycles. The maximum atomic E-state index is 12.2. The van der Waals surface area contributed by atoms with E-state index in [1.807, 2.05) is 4.90 Å². The van der Waals surface area contributed by atoms with Crippen molar-refractivity contribution in [3.63, 3.8) is 0 Å². The minimum Gasteiger partial charge on any atom is -0.447 e. The van der Waals surface area contributed by atoms with Crippen molar-refractivity contribution in [1.29, 1.82) is 0 Å². The molecule has 2 aliphatic heterocycles. The Bertz CT molecular complexity index is 836. The summed E-state index contributed by atoms with van der Waals surface area (Å²) in [6, 6.07) is 6.53. The molecule has 1 aromatic rings. The van der Waals surface area contributed by atoms with Crippen molar-refractivity contribution < 1.29 is 17.9 Å². The quantitative estimate of drug-likeness (QED) is 0.655. The molecule has 2 fully saturated rings. The summed E-state index contributed by atoms with van der Waals surface area (Å²) in [5, 5.41) is 8.84. The van der Waals surface area contributed by atoms with Gasteiger partial charge in [-0.1, -0.05) is 19.8 Å². The lowest BCUT2D eigenvalue weighted by Crippen LogP contribution is -2.50. The third-order valence-corrected chi connectivity index (χ3v) is 6.76. The summed E-state index contributed by atoms with van der Waals surface area (Å²) in [5.74, 6) is 0. The second-order valence-electron chi connectivity index (χ2n) is 7.50. The number of benzene rings is 1. The molecular weight excluding hydrogens is 412 g/mol. The highest BCUT2D eigenvalue weighted by Gasteiger charge is 2.39. The smallest absolute Gasteiger partial charge is 0.410 e. The first kappa shape index (κ1) is 21.8. The fraction of sp³-hybridized carbons (Fsp3) is 0.579. The number of nitrogens with one attached hydrogen (secondary N) is 1. The summed E-state index contributed by atoms with van der Waals surface area (Å²) in [5.41, 5.74) is 0.701. The number of hydrogen-bond donors (Lipinski definition) is 2. The molecule has 1 atom stereocenters. The summed E-state index contributed by atoms with van der Waals surface area (Å²) >= 11 is 5.51. The van der Waals surface area contributed by atoms with Crippen LogP contribution in [0.15, 0.2) is 29.2 Å². The van der Waals surface area contributed by atoms with Crippen molar-refractivity contribution in [3.05, 3.63) is 24.3 Å². The molecule has 29 heavy (non-hydrogen) atoms. The van der Waals surface area contributed by atoms with Gasteiger partial charge in [-0.15, -0.1) is 0 Å². The van der Waals surface area contributed by atoms with Crippen LogP contribution in [0.4, 0.5) is 10.5 Å². The number of nitrogens with two attached hydrogens (primary N) is 1. The zero-order valence-electron chi connectivity index (χ0n) is 16.5. The van der Waals surface area contributed by atoms with Crippen LogP contribution in [0.5, 0.6) is 0 Å². The predicted octanol–water partition coefficient (Wildman–Crippen LogP) is 2.51. The molecule has 1 amide bonds. The van der Waals surface area contributed by atoms with Crippen LogP contribution in [0.1, 0.15) is 39.0 Å². The normalized spacial score (nSPS) is 20.6. The highest BCUT2D eigenvalue weighted by Crippen LogP contribution is 2.27. The Kier molecular flexibility index (Phi) is 6.97. The van der Waals surface area contributed by atoms with Crippen molar-refractivity contribution in [2.24, 2.45) is 5.14 Å². The van der Waals surface area contributed by atoms with Crippen molar-refractivity contribution in [3.8, 4) is 0 Å². The Morgan fingerprint density at radius 2 is 1.93 bits per heavy atom. The van der Waals surface area contributed by atoms with E-state index in [-0.39, 0.29) is 23.1 Å². The van der Waals surface area contributed by atoms with E-state index >= 15 is 0 Å². The van der Waals surface area contributed by atoms with Gasteiger partial charge in [0.05, 0.1) is 10.9 Å². The standard InChI is InChI=1S/C19H28N4O4S2/c1-2-3-4-16-13-27-19(24)23(16)15-9-11-22(12-10-15)18(28)21-14-5-7-17(8-6-14)29(20,25)26/h5-8,15-16H,2-4,9-13H2,1H3,(H,21,28)(H2,20,25,26). The van der Waals surface area contributed by atoms with E-state index < -0.39 is 10.0 Å². The molecule has 2 aliphatic rings. The summed E-state index contributed by atoms with van der Waals surface area (Å²) < 4.78 is 28.0. The molecule has 2 saturated heterocycles. The minimum atomic E-state index is -3.71. The number of primary sulfonamides is 1. The highest BCUT2D eigenvalue weighted by atomic mass is 32.2. The van der Waals surface area contributed by atoms with Crippen molar-refractivity contribution in [2.45, 2.75) is 56.0 Å². The van der Waals surface area contributed by atoms with E-state index in [4.69, 9.17) is 22.1 Å². The fourth-order valence-electron chi connectivity index (χ4n) is 3.86. The summed E-state index contributed by atoms with van der Waals surface area (Å²) in [6.45, 7) is 4.14. The average Bonchev–Trinajstić information content (AvgIpc) is 3.06. The van der Waals surface area contributed by atoms with E-state index in [2.05, 4.69) is 17.1 Å². The van der Waals surface area contributed by atoms with Crippen molar-refractivity contribution in [1.82, 2.24) is 9.80 Å². The maximum Gasteiger partial charge on any atom is 0.410 e. The number of unbranched alkanes of at least 4 members (excludes halogenated alkanes) is 1. The zero-order valence-corrected chi connectivity index (χ0v) is 18.2. The van der Waals surface area contributed by atoms with Crippen LogP contribution in [0, 0.1) is 0 Å². The lowest BCUT2D eigenvalue weighted by molar-refractivity contribution is 0.122. The number of ether oxygens (including phenoxy) is 1. The molecule has 1 aromatic carbocycles. The molecule has 1 unspecified atom stereocenters. The predicted molar refractivity (Wildman–Crippen MR) is 115 cm³/mol. The molecule has 0 aliphatic carbocycles. The highest BCUT2D eigenvalue weighted by molar-refractivity contribution is 7.89. The van der Waals surface area contributed by atoms with Gasteiger partial charge in [0, 0.05) is 24.8 Å². The molecule has 3 N–H and O–H groups in total. The van der Waals surface area contributed by atoms with Crippen LogP contribution in [0.25, 0.3) is 0 Å². The number of amides is 1. The summed E-state index contributed by atoms with van der Waals surface area (Å²) in [6.07, 6.45) is 4.66. The van der Waals surface area contributed by atoms with E-state index in [0.717, 1.165) is 45.2 Å². The van der Waals surface area contributed by atoms with Crippen LogP contribution in [0.2, 0.25) is 0 Å². The van der Waals surface area contributed by atoms with Gasteiger partial charge in [0.1, 0.15) is 6.61 Å². The van der Waals surface area contributed by atoms with Gasteiger partial charge < -0.3 is 15.0 Å². The van der Waals surface area contributed by atoms with Crippen LogP contribution >= 0.6 is 12.2 Å². The monoisotopic (exact) mass is 440 g/mol. The molecule has 0 saturated carbocycles. The summed E-state index contributed by atoms with van der Waals surface area (Å²) in [7, 11) is -3.71. The number of anilines is 1. The Morgan fingerprint density at radius 3 is 2.52 bits per heavy atom. The molecule has 3 rings (SSSR count). The van der Waals surface area contributed by atoms with Gasteiger partial charge in [0.25, 0.3) is 0 Å². The van der Waals surface area contributed by atoms with E-state index in [1.165, 1.54) is 12.1 Å². The number of likely N-dealkylation sites (tertiary alicyclic amines) is 1. The lowest BCUT2D eigenvalue weighted by Gasteiger charge is -2.38.